The van der Waals surface area contributed by atoms with Crippen molar-refractivity contribution in [1.29, 1.82) is 0 Å². The molecule has 2 unspecified atom stereocenters. The number of hydrogen-bond acceptors (Lipinski definition) is 6. The van der Waals surface area contributed by atoms with Crippen LogP contribution >= 0.6 is 0 Å². The van der Waals surface area contributed by atoms with Crippen molar-refractivity contribution < 1.29 is 19.1 Å². The molecular formula is C22H25N3O4. The molecule has 1 aliphatic rings. The molecule has 1 aliphatic heterocycles. The Hall–Kier alpha value is -3.22. The molecule has 3 rings (SSSR count). The number of imidazole rings is 1. The van der Waals surface area contributed by atoms with Crippen molar-refractivity contribution in [3.8, 4) is 5.75 Å². The number of ether oxygens (including phenoxy) is 2. The monoisotopic (exact) mass is 395 g/mol. The third kappa shape index (κ3) is 3.99. The molecule has 152 valence electrons. The largest absolute Gasteiger partial charge is 0.497 e. The second-order valence-electron chi connectivity index (χ2n) is 6.89. The minimum Gasteiger partial charge on any atom is -0.497 e. The third-order valence-corrected chi connectivity index (χ3v) is 5.10. The Labute approximate surface area is 170 Å². The Bertz CT molecular complexity index is 943. The van der Waals surface area contributed by atoms with Crippen molar-refractivity contribution in [3.05, 3.63) is 59.8 Å². The summed E-state index contributed by atoms with van der Waals surface area (Å²) in [5.41, 5.74) is 2.66. The molecule has 0 saturated carbocycles. The van der Waals surface area contributed by atoms with Gasteiger partial charge in [0.1, 0.15) is 18.0 Å². The first-order valence-corrected chi connectivity index (χ1v) is 9.54. The Balaban J connectivity index is 2.22. The summed E-state index contributed by atoms with van der Waals surface area (Å²) in [4.78, 5) is 34.8. The number of nitrogens with zero attached hydrogens (tertiary/aromatic N) is 3. The average molecular weight is 395 g/mol. The molecule has 0 bridgehead atoms. The summed E-state index contributed by atoms with van der Waals surface area (Å²) in [6, 6.07) is 7.40. The fourth-order valence-corrected chi connectivity index (χ4v) is 3.74. The van der Waals surface area contributed by atoms with Gasteiger partial charge >= 0.3 is 5.97 Å². The molecule has 0 N–H and O–H groups in total. The second-order valence-corrected chi connectivity index (χ2v) is 6.89. The first kappa shape index (κ1) is 20.5. The number of allylic oxidation sites excluding steroid dienone is 2. The number of hydrogen-bond donors (Lipinski definition) is 0. The van der Waals surface area contributed by atoms with Crippen LogP contribution in [0.25, 0.3) is 0 Å². The number of carbonyl (C=O) groups excluding carboxylic acids is 2. The molecule has 0 spiro atoms. The standard InChI is InChI=1S/C22H25N3O4/c1-5-6-17-20(21(26)25-12-11-23-13-25)19(15-7-9-16(28-3)10-8-15)18(14(2)24-17)22(27)29-4/h7-13,18-19H,5-6H2,1-4H3. The molecule has 0 amide bonds. The van der Waals surface area contributed by atoms with Gasteiger partial charge in [0.05, 0.1) is 14.2 Å². The molecule has 2 atom stereocenters. The highest BCUT2D eigenvalue weighted by atomic mass is 16.5. The minimum atomic E-state index is -0.684. The van der Waals surface area contributed by atoms with Crippen molar-refractivity contribution in [3.63, 3.8) is 0 Å². The van der Waals surface area contributed by atoms with Gasteiger partial charge in [-0.2, -0.15) is 0 Å². The number of rotatable bonds is 6. The van der Waals surface area contributed by atoms with Crippen LogP contribution in [-0.2, 0) is 9.53 Å². The average Bonchev–Trinajstić information content (AvgIpc) is 3.27. The Morgan fingerprint density at radius 3 is 2.45 bits per heavy atom. The highest BCUT2D eigenvalue weighted by Gasteiger charge is 2.42. The highest BCUT2D eigenvalue weighted by Crippen LogP contribution is 2.41. The minimum absolute atomic E-state index is 0.239. The summed E-state index contributed by atoms with van der Waals surface area (Å²) in [5.74, 6) is -1.15. The summed E-state index contributed by atoms with van der Waals surface area (Å²) in [7, 11) is 2.94. The van der Waals surface area contributed by atoms with E-state index in [2.05, 4.69) is 9.98 Å². The lowest BCUT2D eigenvalue weighted by atomic mass is 9.74. The van der Waals surface area contributed by atoms with Crippen LogP contribution in [0.15, 0.2) is 59.2 Å². The molecule has 1 aromatic carbocycles. The van der Waals surface area contributed by atoms with Crippen LogP contribution in [-0.4, -0.2) is 41.4 Å². The van der Waals surface area contributed by atoms with Gasteiger partial charge in [0.25, 0.3) is 5.91 Å². The van der Waals surface area contributed by atoms with E-state index in [-0.39, 0.29) is 5.91 Å². The lowest BCUT2D eigenvalue weighted by Gasteiger charge is -2.32. The predicted octanol–water partition coefficient (Wildman–Crippen LogP) is 3.63. The van der Waals surface area contributed by atoms with Gasteiger partial charge in [-0.25, -0.2) is 4.98 Å². The van der Waals surface area contributed by atoms with E-state index in [9.17, 15) is 9.59 Å². The van der Waals surface area contributed by atoms with Gasteiger partial charge in [0, 0.05) is 35.3 Å². The normalized spacial score (nSPS) is 19.0. The number of methoxy groups -OCH3 is 2. The highest BCUT2D eigenvalue weighted by molar-refractivity contribution is 6.08. The van der Waals surface area contributed by atoms with Crippen LogP contribution in [0.4, 0.5) is 0 Å². The van der Waals surface area contributed by atoms with Crippen molar-refractivity contribution in [1.82, 2.24) is 9.55 Å². The summed E-state index contributed by atoms with van der Waals surface area (Å²) in [6.07, 6.45) is 6.07. The fraction of sp³-hybridized carbons (Fsp3) is 0.364. The van der Waals surface area contributed by atoms with E-state index in [1.807, 2.05) is 38.1 Å². The Morgan fingerprint density at radius 2 is 1.90 bits per heavy atom. The van der Waals surface area contributed by atoms with Gasteiger partial charge in [-0.15, -0.1) is 0 Å². The number of esters is 1. The zero-order valence-corrected chi connectivity index (χ0v) is 17.1. The van der Waals surface area contributed by atoms with Crippen molar-refractivity contribution in [2.24, 2.45) is 10.9 Å². The number of aromatic nitrogens is 2. The molecule has 2 aromatic rings. The molecule has 1 aromatic heterocycles. The van der Waals surface area contributed by atoms with E-state index >= 15 is 0 Å². The van der Waals surface area contributed by atoms with Crippen LogP contribution in [0.1, 0.15) is 43.0 Å². The second kappa shape index (κ2) is 8.86. The predicted molar refractivity (Wildman–Crippen MR) is 109 cm³/mol. The molecule has 7 nitrogen and oxygen atoms in total. The summed E-state index contributed by atoms with van der Waals surface area (Å²) >= 11 is 0. The summed E-state index contributed by atoms with van der Waals surface area (Å²) < 4.78 is 11.8. The quantitative estimate of drug-likeness (QED) is 0.698. The molecule has 0 fully saturated rings. The smallest absolute Gasteiger partial charge is 0.315 e. The van der Waals surface area contributed by atoms with Gasteiger partial charge in [0.15, 0.2) is 0 Å². The van der Waals surface area contributed by atoms with Crippen molar-refractivity contribution in [2.45, 2.75) is 32.6 Å². The van der Waals surface area contributed by atoms with E-state index in [0.29, 0.717) is 29.2 Å². The Kier molecular flexibility index (Phi) is 6.26. The van der Waals surface area contributed by atoms with Crippen molar-refractivity contribution in [2.75, 3.05) is 14.2 Å². The first-order chi connectivity index (χ1) is 14.0. The molecule has 0 saturated heterocycles. The number of aliphatic imine (C=N–C) groups is 1. The van der Waals surface area contributed by atoms with Crippen LogP contribution in [0, 0.1) is 5.92 Å². The fourth-order valence-electron chi connectivity index (χ4n) is 3.74. The maximum atomic E-state index is 13.4. The van der Waals surface area contributed by atoms with E-state index in [4.69, 9.17) is 9.47 Å². The SMILES string of the molecule is CCCC1=C(C(=O)n2ccnc2)C(c2ccc(OC)cc2)C(C(=O)OC)C(C)=N1. The van der Waals surface area contributed by atoms with E-state index in [1.54, 1.807) is 19.5 Å². The van der Waals surface area contributed by atoms with Gasteiger partial charge < -0.3 is 9.47 Å². The first-order valence-electron chi connectivity index (χ1n) is 9.54. The molecule has 2 heterocycles. The summed E-state index contributed by atoms with van der Waals surface area (Å²) in [5, 5.41) is 0. The van der Waals surface area contributed by atoms with E-state index < -0.39 is 17.8 Å². The van der Waals surface area contributed by atoms with Crippen LogP contribution in [0.3, 0.4) is 0 Å². The maximum Gasteiger partial charge on any atom is 0.315 e. The molecule has 0 aliphatic carbocycles. The van der Waals surface area contributed by atoms with Crippen LogP contribution in [0.2, 0.25) is 0 Å². The summed E-state index contributed by atoms with van der Waals surface area (Å²) in [6.45, 7) is 3.85. The molecule has 0 radical (unpaired) electrons. The van der Waals surface area contributed by atoms with Crippen LogP contribution < -0.4 is 4.74 Å². The maximum absolute atomic E-state index is 13.4. The number of benzene rings is 1. The van der Waals surface area contributed by atoms with Crippen molar-refractivity contribution >= 4 is 17.6 Å². The van der Waals surface area contributed by atoms with Gasteiger partial charge in [-0.3, -0.25) is 19.1 Å². The lowest BCUT2D eigenvalue weighted by molar-refractivity contribution is -0.143. The van der Waals surface area contributed by atoms with Gasteiger partial charge in [-0.05, 0) is 31.0 Å². The topological polar surface area (TPSA) is 82.8 Å². The zero-order valence-electron chi connectivity index (χ0n) is 17.1. The van der Waals surface area contributed by atoms with Crippen LogP contribution in [0.5, 0.6) is 5.75 Å². The van der Waals surface area contributed by atoms with E-state index in [1.165, 1.54) is 18.0 Å². The third-order valence-electron chi connectivity index (χ3n) is 5.10. The number of carbonyl (C=O) groups is 2. The van der Waals surface area contributed by atoms with Gasteiger partial charge in [-0.1, -0.05) is 25.5 Å². The van der Waals surface area contributed by atoms with Gasteiger partial charge in [0.2, 0.25) is 0 Å². The van der Waals surface area contributed by atoms with E-state index in [0.717, 1.165) is 12.0 Å². The Morgan fingerprint density at radius 1 is 1.17 bits per heavy atom. The molecular weight excluding hydrogens is 370 g/mol. The molecule has 7 heteroatoms. The zero-order chi connectivity index (χ0) is 21.0. The lowest BCUT2D eigenvalue weighted by Crippen LogP contribution is -2.37. The molecule has 29 heavy (non-hydrogen) atoms.